The molecule has 0 spiro atoms. The van der Waals surface area contributed by atoms with E-state index >= 15 is 0 Å². The molecule has 23 heavy (non-hydrogen) atoms. The average Bonchev–Trinajstić information content (AvgIpc) is 2.87. The number of nitrogens with zero attached hydrogens (tertiary/aromatic N) is 1. The SMILES string of the molecule is CCOC(=O)Cc1ccccc1OCC1=CN(/C=C\N)C(C)C1. The molecule has 0 amide bonds. The highest BCUT2D eigenvalue weighted by Crippen LogP contribution is 2.24. The first-order valence-electron chi connectivity index (χ1n) is 7.85. The van der Waals surface area contributed by atoms with Gasteiger partial charge < -0.3 is 20.1 Å². The van der Waals surface area contributed by atoms with Gasteiger partial charge in [0.05, 0.1) is 13.0 Å². The number of ether oxygens (including phenoxy) is 2. The summed E-state index contributed by atoms with van der Waals surface area (Å²) in [5.41, 5.74) is 7.49. The fourth-order valence-corrected chi connectivity index (χ4v) is 2.59. The highest BCUT2D eigenvalue weighted by atomic mass is 16.5. The maximum absolute atomic E-state index is 11.7. The van der Waals surface area contributed by atoms with E-state index in [4.69, 9.17) is 15.2 Å². The number of hydrogen-bond donors (Lipinski definition) is 1. The summed E-state index contributed by atoms with van der Waals surface area (Å²) < 4.78 is 10.9. The van der Waals surface area contributed by atoms with Crippen LogP contribution < -0.4 is 10.5 Å². The van der Waals surface area contributed by atoms with Gasteiger partial charge >= 0.3 is 5.97 Å². The van der Waals surface area contributed by atoms with Gasteiger partial charge in [-0.15, -0.1) is 0 Å². The molecule has 0 radical (unpaired) electrons. The van der Waals surface area contributed by atoms with Crippen LogP contribution in [0.3, 0.4) is 0 Å². The predicted octanol–water partition coefficient (Wildman–Crippen LogP) is 2.58. The molecular formula is C18H24N2O3. The second kappa shape index (κ2) is 8.27. The standard InChI is InChI=1S/C18H24N2O3/c1-3-22-18(21)11-16-6-4-5-7-17(16)23-13-15-10-14(2)20(12-15)9-8-19/h4-9,12,14H,3,10-11,13,19H2,1-2H3/b9-8-. The van der Waals surface area contributed by atoms with E-state index in [0.717, 1.165) is 17.7 Å². The van der Waals surface area contributed by atoms with E-state index in [-0.39, 0.29) is 12.4 Å². The molecular weight excluding hydrogens is 292 g/mol. The van der Waals surface area contributed by atoms with Crippen LogP contribution >= 0.6 is 0 Å². The van der Waals surface area contributed by atoms with Gasteiger partial charge in [0.25, 0.3) is 0 Å². The van der Waals surface area contributed by atoms with Crippen molar-refractivity contribution < 1.29 is 14.3 Å². The Bertz CT molecular complexity index is 596. The molecule has 0 aliphatic carbocycles. The van der Waals surface area contributed by atoms with Crippen LogP contribution in [0.4, 0.5) is 0 Å². The number of rotatable bonds is 7. The summed E-state index contributed by atoms with van der Waals surface area (Å²) in [5, 5.41) is 0. The Morgan fingerprint density at radius 3 is 2.96 bits per heavy atom. The van der Waals surface area contributed by atoms with Crippen LogP contribution in [-0.2, 0) is 16.0 Å². The highest BCUT2D eigenvalue weighted by molar-refractivity contribution is 5.73. The number of hydrogen-bond acceptors (Lipinski definition) is 5. The van der Waals surface area contributed by atoms with Gasteiger partial charge in [-0.1, -0.05) is 18.2 Å². The van der Waals surface area contributed by atoms with E-state index < -0.39 is 0 Å². The van der Waals surface area contributed by atoms with Gasteiger partial charge in [-0.05, 0) is 31.9 Å². The third kappa shape index (κ3) is 4.77. The second-order valence-electron chi connectivity index (χ2n) is 5.51. The van der Waals surface area contributed by atoms with Crippen LogP contribution in [0.5, 0.6) is 5.75 Å². The third-order valence-corrected chi connectivity index (χ3v) is 3.68. The predicted molar refractivity (Wildman–Crippen MR) is 89.6 cm³/mol. The topological polar surface area (TPSA) is 64.8 Å². The van der Waals surface area contributed by atoms with Crippen molar-refractivity contribution in [1.82, 2.24) is 4.90 Å². The molecule has 0 aromatic heterocycles. The molecule has 1 aromatic carbocycles. The lowest BCUT2D eigenvalue weighted by molar-refractivity contribution is -0.142. The van der Waals surface area contributed by atoms with Crippen LogP contribution in [0.25, 0.3) is 0 Å². The second-order valence-corrected chi connectivity index (χ2v) is 5.51. The molecule has 0 saturated carbocycles. The molecule has 1 heterocycles. The van der Waals surface area contributed by atoms with E-state index in [9.17, 15) is 4.79 Å². The van der Waals surface area contributed by atoms with Gasteiger partial charge in [0, 0.05) is 30.2 Å². The molecule has 124 valence electrons. The van der Waals surface area contributed by atoms with Gasteiger partial charge in [-0.25, -0.2) is 0 Å². The van der Waals surface area contributed by atoms with Crippen molar-refractivity contribution in [1.29, 1.82) is 0 Å². The van der Waals surface area contributed by atoms with Crippen LogP contribution in [0.2, 0.25) is 0 Å². The lowest BCUT2D eigenvalue weighted by Gasteiger charge is -2.15. The van der Waals surface area contributed by atoms with Crippen LogP contribution in [0.1, 0.15) is 25.8 Å². The molecule has 1 aromatic rings. The van der Waals surface area contributed by atoms with Gasteiger partial charge in [0.15, 0.2) is 0 Å². The molecule has 5 nitrogen and oxygen atoms in total. The first-order chi connectivity index (χ1) is 11.1. The first kappa shape index (κ1) is 16.9. The molecule has 1 unspecified atom stereocenters. The zero-order chi connectivity index (χ0) is 16.7. The molecule has 1 aliphatic heterocycles. The van der Waals surface area contributed by atoms with E-state index in [1.807, 2.05) is 30.5 Å². The van der Waals surface area contributed by atoms with Gasteiger partial charge in [0.2, 0.25) is 0 Å². The van der Waals surface area contributed by atoms with Crippen molar-refractivity contribution in [3.63, 3.8) is 0 Å². The molecule has 0 bridgehead atoms. The van der Waals surface area contributed by atoms with Gasteiger partial charge in [0.1, 0.15) is 12.4 Å². The zero-order valence-electron chi connectivity index (χ0n) is 13.7. The van der Waals surface area contributed by atoms with Crippen LogP contribution in [-0.4, -0.2) is 30.1 Å². The summed E-state index contributed by atoms with van der Waals surface area (Å²) in [6.07, 6.45) is 6.60. The largest absolute Gasteiger partial charge is 0.489 e. The maximum Gasteiger partial charge on any atom is 0.310 e. The highest BCUT2D eigenvalue weighted by Gasteiger charge is 2.19. The van der Waals surface area contributed by atoms with Crippen molar-refractivity contribution >= 4 is 5.97 Å². The van der Waals surface area contributed by atoms with Crippen LogP contribution in [0.15, 0.2) is 48.4 Å². The molecule has 0 fully saturated rings. The Morgan fingerprint density at radius 2 is 2.22 bits per heavy atom. The summed E-state index contributed by atoms with van der Waals surface area (Å²) in [4.78, 5) is 13.7. The average molecular weight is 316 g/mol. The van der Waals surface area contributed by atoms with Crippen molar-refractivity contribution in [3.05, 3.63) is 54.0 Å². The quantitative estimate of drug-likeness (QED) is 0.783. The molecule has 2 N–H and O–H groups in total. The summed E-state index contributed by atoms with van der Waals surface area (Å²) in [7, 11) is 0. The Morgan fingerprint density at radius 1 is 1.43 bits per heavy atom. The Kier molecular flexibility index (Phi) is 6.09. The normalized spacial score (nSPS) is 17.4. The van der Waals surface area contributed by atoms with E-state index in [1.54, 1.807) is 6.92 Å². The molecule has 0 saturated heterocycles. The Balaban J connectivity index is 1.98. The van der Waals surface area contributed by atoms with E-state index in [1.165, 1.54) is 11.8 Å². The van der Waals surface area contributed by atoms with Crippen molar-refractivity contribution in [3.8, 4) is 5.75 Å². The lowest BCUT2D eigenvalue weighted by Crippen LogP contribution is -2.17. The Labute approximate surface area is 137 Å². The Hall–Kier alpha value is -2.43. The minimum Gasteiger partial charge on any atom is -0.489 e. The van der Waals surface area contributed by atoms with Crippen LogP contribution in [0, 0.1) is 0 Å². The fourth-order valence-electron chi connectivity index (χ4n) is 2.59. The van der Waals surface area contributed by atoms with Gasteiger partial charge in [-0.3, -0.25) is 4.79 Å². The summed E-state index contributed by atoms with van der Waals surface area (Å²) in [6, 6.07) is 7.95. The third-order valence-electron chi connectivity index (χ3n) is 3.68. The minimum absolute atomic E-state index is 0.224. The summed E-state index contributed by atoms with van der Waals surface area (Å²) in [5.74, 6) is 0.485. The minimum atomic E-state index is -0.239. The monoisotopic (exact) mass is 316 g/mol. The van der Waals surface area contributed by atoms with Crippen molar-refractivity contribution in [2.75, 3.05) is 13.2 Å². The zero-order valence-corrected chi connectivity index (χ0v) is 13.7. The number of esters is 1. The molecule has 5 heteroatoms. The van der Waals surface area contributed by atoms with E-state index in [2.05, 4.69) is 18.0 Å². The van der Waals surface area contributed by atoms with E-state index in [0.29, 0.717) is 19.3 Å². The maximum atomic E-state index is 11.7. The lowest BCUT2D eigenvalue weighted by atomic mass is 10.1. The smallest absolute Gasteiger partial charge is 0.310 e. The van der Waals surface area contributed by atoms with Crippen molar-refractivity contribution in [2.24, 2.45) is 5.73 Å². The number of carbonyl (C=O) groups is 1. The van der Waals surface area contributed by atoms with Crippen molar-refractivity contribution in [2.45, 2.75) is 32.7 Å². The number of benzene rings is 1. The number of nitrogens with two attached hydrogens (primary N) is 1. The fraction of sp³-hybridized carbons (Fsp3) is 0.389. The first-order valence-corrected chi connectivity index (χ1v) is 7.85. The summed E-state index contributed by atoms with van der Waals surface area (Å²) in [6.45, 7) is 4.82. The number of carbonyl (C=O) groups excluding carboxylic acids is 1. The molecule has 1 aliphatic rings. The van der Waals surface area contributed by atoms with Gasteiger partial charge in [-0.2, -0.15) is 0 Å². The molecule has 1 atom stereocenters. The summed E-state index contributed by atoms with van der Waals surface area (Å²) >= 11 is 0. The number of para-hydroxylation sites is 1. The molecule has 2 rings (SSSR count).